The molecule has 0 unspecified atom stereocenters. The van der Waals surface area contributed by atoms with Crippen LogP contribution in [0.3, 0.4) is 0 Å². The Morgan fingerprint density at radius 2 is 1.88 bits per heavy atom. The summed E-state index contributed by atoms with van der Waals surface area (Å²) >= 11 is 1.72. The van der Waals surface area contributed by atoms with Crippen LogP contribution in [0.1, 0.15) is 24.8 Å². The van der Waals surface area contributed by atoms with Crippen molar-refractivity contribution in [3.63, 3.8) is 0 Å². The van der Waals surface area contributed by atoms with Crippen LogP contribution in [0.5, 0.6) is 0 Å². The number of H-pyrrole nitrogens is 2. The van der Waals surface area contributed by atoms with Gasteiger partial charge >= 0.3 is 0 Å². The molecule has 6 rings (SSSR count). The Kier molecular flexibility index (Phi) is 5.09. The summed E-state index contributed by atoms with van der Waals surface area (Å²) in [6, 6.07) is 15.1. The highest BCUT2D eigenvalue weighted by atomic mass is 32.1. The van der Waals surface area contributed by atoms with E-state index < -0.39 is 0 Å². The number of hydrogen-bond donors (Lipinski definition) is 2. The maximum Gasteiger partial charge on any atom is 0.109 e. The second-order valence-corrected chi connectivity index (χ2v) is 9.33. The average molecular weight is 440 g/mol. The average Bonchev–Trinajstić information content (AvgIpc) is 3.60. The summed E-state index contributed by atoms with van der Waals surface area (Å²) in [7, 11) is 0. The van der Waals surface area contributed by atoms with Gasteiger partial charge in [-0.1, -0.05) is 18.6 Å². The number of thiophene rings is 1. The topological polar surface area (TPSA) is 60.6 Å². The molecule has 1 saturated heterocycles. The Hall–Kier alpha value is -3.22. The number of pyridine rings is 1. The van der Waals surface area contributed by atoms with Crippen LogP contribution in [0.4, 0.5) is 0 Å². The molecule has 0 saturated carbocycles. The lowest BCUT2D eigenvalue weighted by molar-refractivity contribution is 0.220. The van der Waals surface area contributed by atoms with Gasteiger partial charge in [-0.2, -0.15) is 16.4 Å². The molecule has 32 heavy (non-hydrogen) atoms. The van der Waals surface area contributed by atoms with E-state index in [4.69, 9.17) is 0 Å². The van der Waals surface area contributed by atoms with Gasteiger partial charge < -0.3 is 4.98 Å². The number of aromatic nitrogens is 4. The van der Waals surface area contributed by atoms with Gasteiger partial charge in [-0.3, -0.25) is 15.0 Å². The van der Waals surface area contributed by atoms with Gasteiger partial charge in [0.25, 0.3) is 0 Å². The summed E-state index contributed by atoms with van der Waals surface area (Å²) in [5.74, 6) is 0. The molecule has 6 heteroatoms. The third-order valence-electron chi connectivity index (χ3n) is 6.31. The van der Waals surface area contributed by atoms with Crippen LogP contribution < -0.4 is 0 Å². The molecule has 5 heterocycles. The largest absolute Gasteiger partial charge is 0.353 e. The van der Waals surface area contributed by atoms with Gasteiger partial charge in [0.1, 0.15) is 5.69 Å². The highest BCUT2D eigenvalue weighted by Gasteiger charge is 2.14. The second-order valence-electron chi connectivity index (χ2n) is 8.55. The maximum absolute atomic E-state index is 4.60. The summed E-state index contributed by atoms with van der Waals surface area (Å²) in [6.45, 7) is 3.34. The summed E-state index contributed by atoms with van der Waals surface area (Å²) in [4.78, 5) is 10.6. The molecule has 4 aromatic heterocycles. The Bertz CT molecular complexity index is 1340. The van der Waals surface area contributed by atoms with Gasteiger partial charge in [-0.05, 0) is 83.7 Å². The van der Waals surface area contributed by atoms with Crippen LogP contribution in [0.25, 0.3) is 44.7 Å². The quantitative estimate of drug-likeness (QED) is 0.336. The van der Waals surface area contributed by atoms with E-state index in [0.717, 1.165) is 34.7 Å². The van der Waals surface area contributed by atoms with Crippen LogP contribution >= 0.6 is 11.3 Å². The van der Waals surface area contributed by atoms with Crippen molar-refractivity contribution in [2.24, 2.45) is 0 Å². The van der Waals surface area contributed by atoms with E-state index >= 15 is 0 Å². The third-order valence-corrected chi connectivity index (χ3v) is 6.99. The first-order chi connectivity index (χ1) is 15.8. The zero-order chi connectivity index (χ0) is 21.3. The maximum atomic E-state index is 4.60. The SMILES string of the molecule is c1cc(-c2ccsc2)c2cc(-c3cc(-c4cncc(CN5CCCCC5)c4)[nH]n3)[nH]c2c1. The van der Waals surface area contributed by atoms with Crippen molar-refractivity contribution in [2.75, 3.05) is 13.1 Å². The Morgan fingerprint density at radius 3 is 2.75 bits per heavy atom. The number of piperidine rings is 1. The molecule has 0 spiro atoms. The van der Waals surface area contributed by atoms with Crippen LogP contribution in [-0.4, -0.2) is 38.2 Å². The summed E-state index contributed by atoms with van der Waals surface area (Å²) in [5.41, 5.74) is 8.88. The number of nitrogens with zero attached hydrogens (tertiary/aromatic N) is 3. The molecule has 5 nitrogen and oxygen atoms in total. The molecular formula is C26H25N5S. The van der Waals surface area contributed by atoms with Crippen molar-refractivity contribution >= 4 is 22.2 Å². The molecule has 0 radical (unpaired) electrons. The fraction of sp³-hybridized carbons (Fsp3) is 0.231. The number of aromatic amines is 2. The second kappa shape index (κ2) is 8.37. The van der Waals surface area contributed by atoms with Crippen molar-refractivity contribution in [3.8, 4) is 33.8 Å². The first-order valence-corrected chi connectivity index (χ1v) is 12.1. The first kappa shape index (κ1) is 19.5. The normalized spacial score (nSPS) is 14.9. The zero-order valence-corrected chi connectivity index (χ0v) is 18.7. The summed E-state index contributed by atoms with van der Waals surface area (Å²) in [6.07, 6.45) is 7.86. The highest BCUT2D eigenvalue weighted by molar-refractivity contribution is 7.08. The van der Waals surface area contributed by atoms with Crippen LogP contribution in [0, 0.1) is 0 Å². The number of nitrogens with one attached hydrogen (secondary N) is 2. The Labute approximate surface area is 191 Å². The lowest BCUT2D eigenvalue weighted by atomic mass is 10.0. The predicted octanol–water partition coefficient (Wildman–Crippen LogP) is 6.33. The van der Waals surface area contributed by atoms with Crippen molar-refractivity contribution < 1.29 is 0 Å². The fourth-order valence-electron chi connectivity index (χ4n) is 4.67. The molecule has 0 aliphatic carbocycles. The Morgan fingerprint density at radius 1 is 0.938 bits per heavy atom. The number of likely N-dealkylation sites (tertiary alicyclic amines) is 1. The molecule has 1 aliphatic rings. The summed E-state index contributed by atoms with van der Waals surface area (Å²) in [5, 5.41) is 13.4. The standard InChI is InChI=1S/C26H25N5S/c1-2-8-31(9-3-1)16-18-11-20(15-27-14-18)24-13-26(30-29-24)25-12-22-21(19-7-10-32-17-19)5-4-6-23(22)28-25/h4-7,10-15,17,28H,1-3,8-9,16H2,(H,29,30). The van der Waals surface area contributed by atoms with Crippen LogP contribution in [0.2, 0.25) is 0 Å². The Balaban J connectivity index is 1.29. The van der Waals surface area contributed by atoms with Gasteiger partial charge in [-0.25, -0.2) is 0 Å². The zero-order valence-electron chi connectivity index (χ0n) is 17.8. The van der Waals surface area contributed by atoms with Crippen molar-refractivity contribution in [1.82, 2.24) is 25.1 Å². The summed E-state index contributed by atoms with van der Waals surface area (Å²) < 4.78 is 0. The molecule has 1 fully saturated rings. The highest BCUT2D eigenvalue weighted by Crippen LogP contribution is 2.33. The van der Waals surface area contributed by atoms with E-state index in [9.17, 15) is 0 Å². The fourth-order valence-corrected chi connectivity index (χ4v) is 5.32. The van der Waals surface area contributed by atoms with Crippen molar-refractivity contribution in [2.45, 2.75) is 25.8 Å². The minimum atomic E-state index is 0.911. The van der Waals surface area contributed by atoms with Crippen molar-refractivity contribution in [3.05, 3.63) is 71.2 Å². The number of benzene rings is 1. The van der Waals surface area contributed by atoms with E-state index in [1.165, 1.54) is 54.4 Å². The minimum absolute atomic E-state index is 0.911. The number of hydrogen-bond acceptors (Lipinski definition) is 4. The molecule has 1 aromatic carbocycles. The number of fused-ring (bicyclic) bond motifs is 1. The monoisotopic (exact) mass is 439 g/mol. The number of rotatable bonds is 5. The lowest BCUT2D eigenvalue weighted by Crippen LogP contribution is -2.29. The predicted molar refractivity (Wildman–Crippen MR) is 132 cm³/mol. The van der Waals surface area contributed by atoms with E-state index in [0.29, 0.717) is 0 Å². The molecule has 0 bridgehead atoms. The van der Waals surface area contributed by atoms with E-state index in [-0.39, 0.29) is 0 Å². The molecule has 0 atom stereocenters. The van der Waals surface area contributed by atoms with Gasteiger partial charge in [0, 0.05) is 35.4 Å². The minimum Gasteiger partial charge on any atom is -0.353 e. The van der Waals surface area contributed by atoms with E-state index in [2.05, 4.69) is 78.3 Å². The molecule has 160 valence electrons. The molecule has 2 N–H and O–H groups in total. The van der Waals surface area contributed by atoms with Crippen LogP contribution in [0.15, 0.2) is 65.6 Å². The smallest absolute Gasteiger partial charge is 0.109 e. The van der Waals surface area contributed by atoms with Gasteiger partial charge in [-0.15, -0.1) is 0 Å². The lowest BCUT2D eigenvalue weighted by Gasteiger charge is -2.26. The third kappa shape index (κ3) is 3.76. The van der Waals surface area contributed by atoms with Crippen LogP contribution in [-0.2, 0) is 6.54 Å². The first-order valence-electron chi connectivity index (χ1n) is 11.2. The molecular weight excluding hydrogens is 414 g/mol. The van der Waals surface area contributed by atoms with Gasteiger partial charge in [0.2, 0.25) is 0 Å². The van der Waals surface area contributed by atoms with E-state index in [1.807, 2.05) is 12.4 Å². The molecule has 0 amide bonds. The van der Waals surface area contributed by atoms with Gasteiger partial charge in [0.15, 0.2) is 0 Å². The van der Waals surface area contributed by atoms with Gasteiger partial charge in [0.05, 0.1) is 11.4 Å². The van der Waals surface area contributed by atoms with Crippen molar-refractivity contribution in [1.29, 1.82) is 0 Å². The molecule has 1 aliphatic heterocycles. The molecule has 5 aromatic rings. The van der Waals surface area contributed by atoms with E-state index in [1.54, 1.807) is 11.3 Å².